The van der Waals surface area contributed by atoms with E-state index in [9.17, 15) is 0 Å². The Bertz CT molecular complexity index is 343. The molecule has 0 saturated carbocycles. The highest BCUT2D eigenvalue weighted by molar-refractivity contribution is 5.72. The first-order chi connectivity index (χ1) is 7.79. The zero-order chi connectivity index (χ0) is 12.4. The van der Waals surface area contributed by atoms with Gasteiger partial charge in [0.05, 0.1) is 0 Å². The molecule has 0 saturated heterocycles. The van der Waals surface area contributed by atoms with Crippen LogP contribution in [0, 0.1) is 0 Å². The summed E-state index contributed by atoms with van der Waals surface area (Å²) in [6.45, 7) is 10.4. The minimum Gasteiger partial charge on any atom is -0.0842 e. The van der Waals surface area contributed by atoms with Gasteiger partial charge in [-0.1, -0.05) is 63.3 Å². The van der Waals surface area contributed by atoms with E-state index in [2.05, 4.69) is 63.3 Å². The highest BCUT2D eigenvalue weighted by Crippen LogP contribution is 2.19. The van der Waals surface area contributed by atoms with Crippen molar-refractivity contribution >= 4 is 11.6 Å². The van der Waals surface area contributed by atoms with Crippen LogP contribution in [0.5, 0.6) is 0 Å². The van der Waals surface area contributed by atoms with E-state index in [1.807, 2.05) is 13.8 Å². The highest BCUT2D eigenvalue weighted by atomic mass is 14.0. The van der Waals surface area contributed by atoms with Crippen molar-refractivity contribution < 1.29 is 0 Å². The molecule has 0 heterocycles. The molecule has 0 radical (unpaired) electrons. The predicted molar refractivity (Wildman–Crippen MR) is 76.4 cm³/mol. The van der Waals surface area contributed by atoms with Crippen LogP contribution >= 0.6 is 0 Å². The second kappa shape index (κ2) is 8.96. The standard InChI is InChI=1S/C14H18.C2H6/c1-4-6-9-13-10-7-8-11-14(13)12(3)5-2;1-2/h5-11H,4H2,1-3H3;1-2H3/b9-6-,12-5-;. The van der Waals surface area contributed by atoms with Crippen molar-refractivity contribution in [2.75, 3.05) is 0 Å². The number of rotatable bonds is 3. The fourth-order valence-electron chi connectivity index (χ4n) is 1.40. The summed E-state index contributed by atoms with van der Waals surface area (Å²) in [5.41, 5.74) is 3.98. The van der Waals surface area contributed by atoms with Crippen LogP contribution in [0.25, 0.3) is 11.6 Å². The van der Waals surface area contributed by atoms with Crippen molar-refractivity contribution in [1.29, 1.82) is 0 Å². The molecule has 1 aromatic carbocycles. The lowest BCUT2D eigenvalue weighted by Crippen LogP contribution is -1.84. The third-order valence-corrected chi connectivity index (χ3v) is 2.35. The average Bonchev–Trinajstić information content (AvgIpc) is 2.38. The zero-order valence-corrected chi connectivity index (χ0v) is 11.2. The fraction of sp³-hybridized carbons (Fsp3) is 0.375. The Balaban J connectivity index is 0.00000106. The van der Waals surface area contributed by atoms with Gasteiger partial charge in [-0.2, -0.15) is 0 Å². The third-order valence-electron chi connectivity index (χ3n) is 2.35. The summed E-state index contributed by atoms with van der Waals surface area (Å²) >= 11 is 0. The number of allylic oxidation sites excluding steroid dienone is 3. The van der Waals surface area contributed by atoms with Gasteiger partial charge in [0.2, 0.25) is 0 Å². The van der Waals surface area contributed by atoms with E-state index >= 15 is 0 Å². The average molecular weight is 216 g/mol. The molecule has 1 aromatic rings. The maximum absolute atomic E-state index is 2.20. The molecule has 0 unspecified atom stereocenters. The Morgan fingerprint density at radius 1 is 1.19 bits per heavy atom. The van der Waals surface area contributed by atoms with Crippen LogP contribution in [-0.4, -0.2) is 0 Å². The van der Waals surface area contributed by atoms with Gasteiger partial charge >= 0.3 is 0 Å². The molecule has 0 aromatic heterocycles. The summed E-state index contributed by atoms with van der Waals surface area (Å²) < 4.78 is 0. The summed E-state index contributed by atoms with van der Waals surface area (Å²) in [6.07, 6.45) is 7.63. The first-order valence-electron chi connectivity index (χ1n) is 6.18. The van der Waals surface area contributed by atoms with E-state index in [0.717, 1.165) is 6.42 Å². The van der Waals surface area contributed by atoms with Gasteiger partial charge in [0.25, 0.3) is 0 Å². The van der Waals surface area contributed by atoms with Gasteiger partial charge in [0.1, 0.15) is 0 Å². The van der Waals surface area contributed by atoms with Crippen molar-refractivity contribution in [1.82, 2.24) is 0 Å². The number of hydrogen-bond acceptors (Lipinski definition) is 0. The summed E-state index contributed by atoms with van der Waals surface area (Å²) in [6, 6.07) is 8.51. The molecule has 1 rings (SSSR count). The predicted octanol–water partition coefficient (Wildman–Crippen LogP) is 5.56. The van der Waals surface area contributed by atoms with E-state index < -0.39 is 0 Å². The minimum atomic E-state index is 1.09. The zero-order valence-electron chi connectivity index (χ0n) is 11.2. The van der Waals surface area contributed by atoms with Gasteiger partial charge in [0.15, 0.2) is 0 Å². The summed E-state index contributed by atoms with van der Waals surface area (Å²) in [7, 11) is 0. The first kappa shape index (κ1) is 14.7. The van der Waals surface area contributed by atoms with Crippen molar-refractivity contribution in [2.45, 2.75) is 41.0 Å². The molecule has 0 aliphatic heterocycles. The maximum atomic E-state index is 2.20. The molecular formula is C16H24. The third kappa shape index (κ3) is 4.48. The number of benzene rings is 1. The van der Waals surface area contributed by atoms with Crippen molar-refractivity contribution in [2.24, 2.45) is 0 Å². The molecule has 0 nitrogen and oxygen atoms in total. The van der Waals surface area contributed by atoms with Crippen molar-refractivity contribution in [3.8, 4) is 0 Å². The molecule has 0 spiro atoms. The van der Waals surface area contributed by atoms with Crippen LogP contribution in [0.15, 0.2) is 36.4 Å². The maximum Gasteiger partial charge on any atom is -0.0158 e. The van der Waals surface area contributed by atoms with E-state index in [1.165, 1.54) is 16.7 Å². The Labute approximate surface area is 101 Å². The molecule has 0 aliphatic carbocycles. The van der Waals surface area contributed by atoms with Gasteiger partial charge in [-0.25, -0.2) is 0 Å². The van der Waals surface area contributed by atoms with Gasteiger partial charge in [0, 0.05) is 0 Å². The minimum absolute atomic E-state index is 1.09. The van der Waals surface area contributed by atoms with Crippen LogP contribution in [0.1, 0.15) is 52.2 Å². The van der Waals surface area contributed by atoms with Gasteiger partial charge < -0.3 is 0 Å². The Morgan fingerprint density at radius 2 is 1.81 bits per heavy atom. The van der Waals surface area contributed by atoms with Crippen LogP contribution in [-0.2, 0) is 0 Å². The molecule has 16 heavy (non-hydrogen) atoms. The lowest BCUT2D eigenvalue weighted by atomic mass is 10.0. The van der Waals surface area contributed by atoms with E-state index in [4.69, 9.17) is 0 Å². The van der Waals surface area contributed by atoms with Gasteiger partial charge in [-0.05, 0) is 37.0 Å². The van der Waals surface area contributed by atoms with Crippen molar-refractivity contribution in [3.05, 3.63) is 47.5 Å². The molecule has 0 fully saturated rings. The molecule has 0 heteroatoms. The van der Waals surface area contributed by atoms with Crippen molar-refractivity contribution in [3.63, 3.8) is 0 Å². The van der Waals surface area contributed by atoms with Gasteiger partial charge in [-0.15, -0.1) is 0 Å². The molecule has 0 N–H and O–H groups in total. The summed E-state index contributed by atoms with van der Waals surface area (Å²) in [5, 5.41) is 0. The molecular weight excluding hydrogens is 192 g/mol. The molecule has 0 bridgehead atoms. The Hall–Kier alpha value is -1.30. The molecule has 0 amide bonds. The quantitative estimate of drug-likeness (QED) is 0.620. The Morgan fingerprint density at radius 3 is 2.38 bits per heavy atom. The lowest BCUT2D eigenvalue weighted by molar-refractivity contribution is 1.23. The SMILES string of the molecule is C/C=C(/C)c1ccccc1/C=C\CC.CC. The summed E-state index contributed by atoms with van der Waals surface area (Å²) in [4.78, 5) is 0. The van der Waals surface area contributed by atoms with E-state index in [-0.39, 0.29) is 0 Å². The lowest BCUT2D eigenvalue weighted by Gasteiger charge is -2.05. The molecule has 0 aliphatic rings. The topological polar surface area (TPSA) is 0 Å². The molecule has 0 atom stereocenters. The van der Waals surface area contributed by atoms with Gasteiger partial charge in [-0.3, -0.25) is 0 Å². The van der Waals surface area contributed by atoms with Crippen LogP contribution < -0.4 is 0 Å². The summed E-state index contributed by atoms with van der Waals surface area (Å²) in [5.74, 6) is 0. The first-order valence-corrected chi connectivity index (χ1v) is 6.18. The normalized spacial score (nSPS) is 11.2. The number of hydrogen-bond donors (Lipinski definition) is 0. The second-order valence-corrected chi connectivity index (χ2v) is 3.37. The fourth-order valence-corrected chi connectivity index (χ4v) is 1.40. The molecule has 88 valence electrons. The van der Waals surface area contributed by atoms with E-state index in [1.54, 1.807) is 0 Å². The van der Waals surface area contributed by atoms with Crippen LogP contribution in [0.2, 0.25) is 0 Å². The highest BCUT2D eigenvalue weighted by Gasteiger charge is 1.98. The Kier molecular flexibility index (Phi) is 8.24. The smallest absolute Gasteiger partial charge is 0.0158 e. The largest absolute Gasteiger partial charge is 0.0842 e. The monoisotopic (exact) mass is 216 g/mol. The van der Waals surface area contributed by atoms with Crippen LogP contribution in [0.3, 0.4) is 0 Å². The van der Waals surface area contributed by atoms with Crippen LogP contribution in [0.4, 0.5) is 0 Å². The van der Waals surface area contributed by atoms with E-state index in [0.29, 0.717) is 0 Å². The second-order valence-electron chi connectivity index (χ2n) is 3.37.